The molecule has 1 N–H and O–H groups in total. The number of benzene rings is 1. The monoisotopic (exact) mass is 267 g/mol. The van der Waals surface area contributed by atoms with Gasteiger partial charge in [0.25, 0.3) is 5.91 Å². The van der Waals surface area contributed by atoms with E-state index in [9.17, 15) is 9.18 Å². The van der Waals surface area contributed by atoms with Crippen LogP contribution in [0.25, 0.3) is 0 Å². The van der Waals surface area contributed by atoms with E-state index in [0.717, 1.165) is 0 Å². The van der Waals surface area contributed by atoms with E-state index >= 15 is 0 Å². The largest absolute Gasteiger partial charge is 0.320 e. The molecule has 1 unspecified atom stereocenters. The lowest BCUT2D eigenvalue weighted by atomic mass is 10.1. The van der Waals surface area contributed by atoms with Gasteiger partial charge in [-0.3, -0.25) is 4.79 Å². The first-order valence-electron chi connectivity index (χ1n) is 5.50. The minimum Gasteiger partial charge on any atom is -0.320 e. The molecule has 1 amide bonds. The highest BCUT2D eigenvalue weighted by molar-refractivity contribution is 6.33. The summed E-state index contributed by atoms with van der Waals surface area (Å²) >= 11 is 5.85. The molecular formula is C12H11ClFN3O. The van der Waals surface area contributed by atoms with Gasteiger partial charge in [0.05, 0.1) is 16.7 Å². The zero-order valence-corrected chi connectivity index (χ0v) is 10.2. The van der Waals surface area contributed by atoms with Crippen molar-refractivity contribution in [3.63, 3.8) is 0 Å². The minimum absolute atomic E-state index is 0.0650. The van der Waals surface area contributed by atoms with Gasteiger partial charge in [0.1, 0.15) is 11.9 Å². The number of hydrogen-bond donors (Lipinski definition) is 1. The van der Waals surface area contributed by atoms with Crippen molar-refractivity contribution in [1.29, 1.82) is 5.26 Å². The average molecular weight is 268 g/mol. The third kappa shape index (κ3) is 2.30. The number of nitrogens with zero attached hydrogens (tertiary/aromatic N) is 2. The van der Waals surface area contributed by atoms with E-state index in [0.29, 0.717) is 19.6 Å². The van der Waals surface area contributed by atoms with Crippen molar-refractivity contribution in [1.82, 2.24) is 10.2 Å². The third-order valence-electron chi connectivity index (χ3n) is 2.83. The maximum Gasteiger partial charge on any atom is 0.259 e. The summed E-state index contributed by atoms with van der Waals surface area (Å²) in [4.78, 5) is 13.6. The molecule has 0 aromatic heterocycles. The van der Waals surface area contributed by atoms with Crippen LogP contribution in [-0.2, 0) is 0 Å². The summed E-state index contributed by atoms with van der Waals surface area (Å²) < 4.78 is 13.7. The van der Waals surface area contributed by atoms with E-state index in [-0.39, 0.29) is 10.6 Å². The Morgan fingerprint density at radius 2 is 2.39 bits per heavy atom. The van der Waals surface area contributed by atoms with Crippen LogP contribution in [0.3, 0.4) is 0 Å². The molecule has 1 aromatic carbocycles. The second kappa shape index (κ2) is 5.34. The number of halogens is 2. The lowest BCUT2D eigenvalue weighted by Gasteiger charge is -2.32. The number of amides is 1. The zero-order valence-electron chi connectivity index (χ0n) is 9.49. The number of nitriles is 1. The molecule has 0 spiro atoms. The maximum atomic E-state index is 13.7. The minimum atomic E-state index is -0.664. The zero-order chi connectivity index (χ0) is 13.1. The Kier molecular flexibility index (Phi) is 3.80. The van der Waals surface area contributed by atoms with Gasteiger partial charge in [-0.25, -0.2) is 4.39 Å². The Balaban J connectivity index is 2.33. The Labute approximate surface area is 109 Å². The van der Waals surface area contributed by atoms with Crippen molar-refractivity contribution >= 4 is 17.5 Å². The second-order valence-corrected chi connectivity index (χ2v) is 4.35. The molecule has 0 saturated carbocycles. The van der Waals surface area contributed by atoms with Crippen LogP contribution in [0.2, 0.25) is 5.02 Å². The van der Waals surface area contributed by atoms with Gasteiger partial charge in [0, 0.05) is 19.6 Å². The van der Waals surface area contributed by atoms with Gasteiger partial charge in [-0.05, 0) is 12.1 Å². The van der Waals surface area contributed by atoms with E-state index in [1.165, 1.54) is 23.1 Å². The lowest BCUT2D eigenvalue weighted by molar-refractivity contribution is 0.0682. The molecule has 1 fully saturated rings. The fourth-order valence-corrected chi connectivity index (χ4v) is 2.15. The molecule has 2 rings (SSSR count). The molecule has 4 nitrogen and oxygen atoms in total. The van der Waals surface area contributed by atoms with Crippen molar-refractivity contribution in [2.24, 2.45) is 0 Å². The molecule has 94 valence electrons. The predicted octanol–water partition coefficient (Wildman–Crippen LogP) is 1.42. The summed E-state index contributed by atoms with van der Waals surface area (Å²) in [6.45, 7) is 1.33. The highest BCUT2D eigenvalue weighted by Crippen LogP contribution is 2.22. The summed E-state index contributed by atoms with van der Waals surface area (Å²) in [5.74, 6) is -1.20. The number of piperazine rings is 1. The smallest absolute Gasteiger partial charge is 0.259 e. The summed E-state index contributed by atoms with van der Waals surface area (Å²) in [6.07, 6.45) is 0. The standard InChI is InChI=1S/C12H11ClFN3O/c13-9-2-1-3-10(14)11(9)12(18)17-5-4-16-7-8(17)6-15/h1-3,8,16H,4-5,7H2. The number of nitrogens with one attached hydrogen (secondary N) is 1. The lowest BCUT2D eigenvalue weighted by Crippen LogP contribution is -2.53. The molecule has 18 heavy (non-hydrogen) atoms. The van der Waals surface area contributed by atoms with Crippen molar-refractivity contribution in [2.75, 3.05) is 19.6 Å². The molecule has 1 aliphatic rings. The fraction of sp³-hybridized carbons (Fsp3) is 0.333. The summed E-state index contributed by atoms with van der Waals surface area (Å²) in [5, 5.41) is 12.1. The van der Waals surface area contributed by atoms with Crippen LogP contribution < -0.4 is 5.32 Å². The first-order valence-corrected chi connectivity index (χ1v) is 5.88. The van der Waals surface area contributed by atoms with Crippen molar-refractivity contribution in [3.8, 4) is 6.07 Å². The fourth-order valence-electron chi connectivity index (χ4n) is 1.91. The summed E-state index contributed by atoms with van der Waals surface area (Å²) in [5.41, 5.74) is -0.165. The van der Waals surface area contributed by atoms with Crippen LogP contribution in [-0.4, -0.2) is 36.5 Å². The van der Waals surface area contributed by atoms with Crippen LogP contribution in [0.1, 0.15) is 10.4 Å². The molecule has 1 atom stereocenters. The molecule has 0 aliphatic carbocycles. The van der Waals surface area contributed by atoms with Gasteiger partial charge < -0.3 is 10.2 Å². The van der Waals surface area contributed by atoms with Crippen LogP contribution >= 0.6 is 11.6 Å². The number of hydrogen-bond acceptors (Lipinski definition) is 3. The topological polar surface area (TPSA) is 56.1 Å². The average Bonchev–Trinajstić information content (AvgIpc) is 2.38. The maximum absolute atomic E-state index is 13.7. The summed E-state index contributed by atoms with van der Waals surface area (Å²) in [6, 6.07) is 5.51. The van der Waals surface area contributed by atoms with Gasteiger partial charge in [0.2, 0.25) is 0 Å². The molecule has 1 aliphatic heterocycles. The molecule has 1 aromatic rings. The van der Waals surface area contributed by atoms with Crippen LogP contribution in [0.15, 0.2) is 18.2 Å². The number of carbonyl (C=O) groups is 1. The molecule has 0 bridgehead atoms. The third-order valence-corrected chi connectivity index (χ3v) is 3.14. The SMILES string of the molecule is N#CC1CNCCN1C(=O)c1c(F)cccc1Cl. The van der Waals surface area contributed by atoms with Crippen LogP contribution in [0.4, 0.5) is 4.39 Å². The quantitative estimate of drug-likeness (QED) is 0.837. The van der Waals surface area contributed by atoms with Gasteiger partial charge in [-0.1, -0.05) is 17.7 Å². The Bertz CT molecular complexity index is 494. The highest BCUT2D eigenvalue weighted by Gasteiger charge is 2.29. The van der Waals surface area contributed by atoms with Gasteiger partial charge in [-0.15, -0.1) is 0 Å². The molecular weight excluding hydrogens is 257 g/mol. The van der Waals surface area contributed by atoms with Crippen LogP contribution in [0, 0.1) is 17.1 Å². The van der Waals surface area contributed by atoms with E-state index in [1.807, 2.05) is 6.07 Å². The first-order chi connectivity index (χ1) is 8.65. The number of rotatable bonds is 1. The van der Waals surface area contributed by atoms with Gasteiger partial charge in [0.15, 0.2) is 0 Å². The Morgan fingerprint density at radius 1 is 1.61 bits per heavy atom. The van der Waals surface area contributed by atoms with Crippen molar-refractivity contribution in [2.45, 2.75) is 6.04 Å². The first kappa shape index (κ1) is 12.8. The van der Waals surface area contributed by atoms with E-state index < -0.39 is 17.8 Å². The van der Waals surface area contributed by atoms with Crippen LogP contribution in [0.5, 0.6) is 0 Å². The highest BCUT2D eigenvalue weighted by atomic mass is 35.5. The van der Waals surface area contributed by atoms with Gasteiger partial charge in [-0.2, -0.15) is 5.26 Å². The summed E-state index contributed by atoms with van der Waals surface area (Å²) in [7, 11) is 0. The second-order valence-electron chi connectivity index (χ2n) is 3.94. The van der Waals surface area contributed by atoms with E-state index in [1.54, 1.807) is 0 Å². The Hall–Kier alpha value is -1.64. The predicted molar refractivity (Wildman–Crippen MR) is 64.7 cm³/mol. The van der Waals surface area contributed by atoms with E-state index in [4.69, 9.17) is 16.9 Å². The molecule has 6 heteroatoms. The van der Waals surface area contributed by atoms with Crippen molar-refractivity contribution in [3.05, 3.63) is 34.6 Å². The number of carbonyl (C=O) groups excluding carboxylic acids is 1. The van der Waals surface area contributed by atoms with E-state index in [2.05, 4.69) is 5.32 Å². The van der Waals surface area contributed by atoms with Crippen molar-refractivity contribution < 1.29 is 9.18 Å². The van der Waals surface area contributed by atoms with Gasteiger partial charge >= 0.3 is 0 Å². The normalized spacial score (nSPS) is 19.4. The Morgan fingerprint density at radius 3 is 3.06 bits per heavy atom. The molecule has 1 heterocycles. The molecule has 1 saturated heterocycles. The molecule has 0 radical (unpaired) electrons.